The summed E-state index contributed by atoms with van der Waals surface area (Å²) in [6, 6.07) is 1.80. The van der Waals surface area contributed by atoms with Crippen LogP contribution in [0.5, 0.6) is 0 Å². The highest BCUT2D eigenvalue weighted by Gasteiger charge is 2.18. The number of rotatable bonds is 6. The fourth-order valence-electron chi connectivity index (χ4n) is 1.54. The van der Waals surface area contributed by atoms with Gasteiger partial charge in [-0.25, -0.2) is 4.98 Å². The maximum atomic E-state index is 10.9. The van der Waals surface area contributed by atoms with Gasteiger partial charge in [0, 0.05) is 13.6 Å². The largest absolute Gasteiger partial charge is 0.387 e. The average molecular weight is 295 g/mol. The maximum absolute atomic E-state index is 10.9. The highest BCUT2D eigenvalue weighted by molar-refractivity contribution is 7.07. The van der Waals surface area contributed by atoms with Crippen molar-refractivity contribution in [1.82, 2.24) is 9.97 Å². The number of thiophene rings is 1. The van der Waals surface area contributed by atoms with Gasteiger partial charge in [-0.05, 0) is 22.4 Å². The van der Waals surface area contributed by atoms with Crippen molar-refractivity contribution < 1.29 is 10.0 Å². The first kappa shape index (κ1) is 14.2. The van der Waals surface area contributed by atoms with Crippen molar-refractivity contribution in [3.63, 3.8) is 0 Å². The Morgan fingerprint density at radius 3 is 3.00 bits per heavy atom. The van der Waals surface area contributed by atoms with Gasteiger partial charge in [0.05, 0.1) is 11.0 Å². The molecule has 0 aliphatic heterocycles. The fraction of sp³-hybridized carbons (Fsp3) is 0.273. The van der Waals surface area contributed by atoms with Crippen molar-refractivity contribution in [2.75, 3.05) is 24.2 Å². The third kappa shape index (κ3) is 3.19. The Morgan fingerprint density at radius 1 is 1.60 bits per heavy atom. The van der Waals surface area contributed by atoms with E-state index in [4.69, 9.17) is 0 Å². The summed E-state index contributed by atoms with van der Waals surface area (Å²) < 4.78 is 0. The van der Waals surface area contributed by atoms with E-state index < -0.39 is 11.0 Å². The first-order valence-electron chi connectivity index (χ1n) is 5.75. The van der Waals surface area contributed by atoms with Gasteiger partial charge >= 0.3 is 5.69 Å². The number of nitro groups is 1. The summed E-state index contributed by atoms with van der Waals surface area (Å²) in [5.41, 5.74) is 0.523. The number of hydrogen-bond acceptors (Lipinski definition) is 8. The molecular formula is C11H13N5O3S. The van der Waals surface area contributed by atoms with Crippen LogP contribution in [0.1, 0.15) is 11.7 Å². The molecule has 0 amide bonds. The van der Waals surface area contributed by atoms with E-state index in [1.165, 1.54) is 11.3 Å². The highest BCUT2D eigenvalue weighted by Crippen LogP contribution is 2.23. The summed E-state index contributed by atoms with van der Waals surface area (Å²) in [6.45, 7) is 0.123. The lowest BCUT2D eigenvalue weighted by atomic mass is 10.2. The van der Waals surface area contributed by atoms with E-state index in [-0.39, 0.29) is 24.0 Å². The highest BCUT2D eigenvalue weighted by atomic mass is 32.1. The zero-order chi connectivity index (χ0) is 14.5. The minimum atomic E-state index is -0.756. The Hall–Kier alpha value is -2.26. The predicted octanol–water partition coefficient (Wildman–Crippen LogP) is 1.63. The Kier molecular flexibility index (Phi) is 4.43. The van der Waals surface area contributed by atoms with Crippen LogP contribution in [0, 0.1) is 10.1 Å². The van der Waals surface area contributed by atoms with Gasteiger partial charge in [-0.15, -0.1) is 0 Å². The molecule has 1 atom stereocenters. The van der Waals surface area contributed by atoms with Gasteiger partial charge in [-0.2, -0.15) is 16.3 Å². The van der Waals surface area contributed by atoms with Crippen molar-refractivity contribution in [1.29, 1.82) is 0 Å². The van der Waals surface area contributed by atoms with Crippen LogP contribution >= 0.6 is 11.3 Å². The van der Waals surface area contributed by atoms with E-state index in [0.717, 1.165) is 11.8 Å². The number of anilines is 2. The van der Waals surface area contributed by atoms with Gasteiger partial charge < -0.3 is 15.7 Å². The molecule has 0 aliphatic rings. The predicted molar refractivity (Wildman–Crippen MR) is 76.0 cm³/mol. The molecule has 0 aliphatic carbocycles. The number of hydrogen-bond donors (Lipinski definition) is 3. The van der Waals surface area contributed by atoms with Crippen LogP contribution < -0.4 is 10.6 Å². The molecule has 8 nitrogen and oxygen atoms in total. The molecule has 0 saturated carbocycles. The third-order valence-electron chi connectivity index (χ3n) is 2.58. The second-order valence-corrected chi connectivity index (χ2v) is 4.67. The molecule has 0 bridgehead atoms. The third-order valence-corrected chi connectivity index (χ3v) is 3.28. The van der Waals surface area contributed by atoms with Gasteiger partial charge in [0.2, 0.25) is 11.8 Å². The smallest absolute Gasteiger partial charge is 0.329 e. The van der Waals surface area contributed by atoms with E-state index in [0.29, 0.717) is 0 Å². The minimum absolute atomic E-state index is 0.0728. The lowest BCUT2D eigenvalue weighted by Crippen LogP contribution is -2.14. The number of aliphatic hydroxyl groups excluding tert-OH is 1. The lowest BCUT2D eigenvalue weighted by Gasteiger charge is -2.11. The molecule has 20 heavy (non-hydrogen) atoms. The standard InChI is InChI=1S/C11H13N5O3S/c1-12-11-14-4-8(16(18)19)10(15-11)13-5-9(17)7-2-3-20-6-7/h2-4,6,9,17H,5H2,1H3,(H2,12,13,14,15). The number of nitrogens with one attached hydrogen (secondary N) is 2. The van der Waals surface area contributed by atoms with Crippen LogP contribution in [0.4, 0.5) is 17.5 Å². The van der Waals surface area contributed by atoms with Crippen molar-refractivity contribution in [2.45, 2.75) is 6.10 Å². The van der Waals surface area contributed by atoms with Crippen molar-refractivity contribution >= 4 is 28.8 Å². The van der Waals surface area contributed by atoms with Crippen LogP contribution in [-0.2, 0) is 0 Å². The number of aliphatic hydroxyl groups is 1. The van der Waals surface area contributed by atoms with E-state index in [2.05, 4.69) is 20.6 Å². The number of aromatic nitrogens is 2. The Labute approximate surface area is 118 Å². The van der Waals surface area contributed by atoms with Crippen molar-refractivity contribution in [2.24, 2.45) is 0 Å². The number of nitrogens with zero attached hydrogens (tertiary/aromatic N) is 3. The molecule has 2 rings (SSSR count). The van der Waals surface area contributed by atoms with Crippen LogP contribution in [0.2, 0.25) is 0 Å². The molecule has 0 fully saturated rings. The molecule has 1 unspecified atom stereocenters. The second kappa shape index (κ2) is 6.26. The maximum Gasteiger partial charge on any atom is 0.329 e. The molecule has 9 heteroatoms. The monoisotopic (exact) mass is 295 g/mol. The molecule has 106 valence electrons. The zero-order valence-electron chi connectivity index (χ0n) is 10.6. The van der Waals surface area contributed by atoms with Gasteiger partial charge in [0.25, 0.3) is 0 Å². The summed E-state index contributed by atoms with van der Waals surface area (Å²) in [4.78, 5) is 18.1. The molecule has 2 aromatic rings. The summed E-state index contributed by atoms with van der Waals surface area (Å²) in [5, 5.41) is 30.0. The Balaban J connectivity index is 2.13. The zero-order valence-corrected chi connectivity index (χ0v) is 11.4. The molecule has 2 heterocycles. The molecule has 2 aromatic heterocycles. The Bertz CT molecular complexity index is 590. The van der Waals surface area contributed by atoms with Gasteiger partial charge in [-0.3, -0.25) is 10.1 Å². The molecule has 0 saturated heterocycles. The summed E-state index contributed by atoms with van der Waals surface area (Å²) in [6.07, 6.45) is 0.367. The summed E-state index contributed by atoms with van der Waals surface area (Å²) in [5.74, 6) is 0.340. The first-order chi connectivity index (χ1) is 9.61. The van der Waals surface area contributed by atoms with Crippen molar-refractivity contribution in [3.8, 4) is 0 Å². The topological polar surface area (TPSA) is 113 Å². The van der Waals surface area contributed by atoms with Crippen molar-refractivity contribution in [3.05, 3.63) is 38.7 Å². The van der Waals surface area contributed by atoms with Gasteiger partial charge in [-0.1, -0.05) is 0 Å². The molecule has 0 aromatic carbocycles. The van der Waals surface area contributed by atoms with E-state index in [1.807, 2.05) is 10.8 Å². The fourth-order valence-corrected chi connectivity index (χ4v) is 2.24. The SMILES string of the molecule is CNc1ncc([N+](=O)[O-])c(NCC(O)c2ccsc2)n1. The van der Waals surface area contributed by atoms with Crippen LogP contribution in [0.25, 0.3) is 0 Å². The van der Waals surface area contributed by atoms with E-state index in [9.17, 15) is 15.2 Å². The lowest BCUT2D eigenvalue weighted by molar-refractivity contribution is -0.384. The molecule has 0 spiro atoms. The molecule has 3 N–H and O–H groups in total. The van der Waals surface area contributed by atoms with Gasteiger partial charge in [0.1, 0.15) is 6.20 Å². The summed E-state index contributed by atoms with van der Waals surface area (Å²) >= 11 is 1.47. The second-order valence-electron chi connectivity index (χ2n) is 3.89. The summed E-state index contributed by atoms with van der Waals surface area (Å²) in [7, 11) is 1.62. The van der Waals surface area contributed by atoms with Gasteiger partial charge in [0.15, 0.2) is 0 Å². The quantitative estimate of drug-likeness (QED) is 0.548. The minimum Gasteiger partial charge on any atom is -0.387 e. The average Bonchev–Trinajstić information content (AvgIpc) is 2.98. The van der Waals surface area contributed by atoms with E-state index in [1.54, 1.807) is 13.1 Å². The normalized spacial score (nSPS) is 11.9. The molecular weight excluding hydrogens is 282 g/mol. The van der Waals surface area contributed by atoms with E-state index >= 15 is 0 Å². The van der Waals surface area contributed by atoms with Crippen LogP contribution in [-0.4, -0.2) is 33.6 Å². The Morgan fingerprint density at radius 2 is 2.40 bits per heavy atom. The van der Waals surface area contributed by atoms with Crippen LogP contribution in [0.3, 0.4) is 0 Å². The first-order valence-corrected chi connectivity index (χ1v) is 6.69. The molecule has 0 radical (unpaired) electrons. The van der Waals surface area contributed by atoms with Crippen LogP contribution in [0.15, 0.2) is 23.0 Å².